The van der Waals surface area contributed by atoms with E-state index >= 15 is 8.78 Å². The topological polar surface area (TPSA) is 257 Å². The number of nitrogens with zero attached hydrogens (tertiary/aromatic N) is 7. The lowest BCUT2D eigenvalue weighted by atomic mass is 10.1. The summed E-state index contributed by atoms with van der Waals surface area (Å²) < 4.78 is 71.1. The van der Waals surface area contributed by atoms with Crippen molar-refractivity contribution in [1.82, 2.24) is 49.2 Å². The van der Waals surface area contributed by atoms with Gasteiger partial charge < -0.3 is 34.9 Å². The monoisotopic (exact) mass is 708 g/mol. The van der Waals surface area contributed by atoms with Crippen LogP contribution >= 0.6 is 25.6 Å². The van der Waals surface area contributed by atoms with Gasteiger partial charge in [-0.2, -0.15) is 4.98 Å². The highest BCUT2D eigenvalue weighted by atomic mass is 32.7. The molecule has 10 atom stereocenters. The maximum Gasteiger partial charge on any atom is 0.324 e. The van der Waals surface area contributed by atoms with Crippen molar-refractivity contribution < 1.29 is 36.8 Å². The van der Waals surface area contributed by atoms with E-state index < -0.39 is 81.2 Å². The van der Waals surface area contributed by atoms with Crippen molar-refractivity contribution >= 4 is 71.5 Å². The molecular formula is C20H24F2N12O7P2S2. The average Bonchev–Trinajstić information content (AvgIpc) is 3.72. The minimum Gasteiger partial charge on any atom is -0.382 e. The second-order valence-corrected chi connectivity index (χ2v) is 16.5. The Morgan fingerprint density at radius 1 is 0.956 bits per heavy atom. The number of alkyl halides is 2. The van der Waals surface area contributed by atoms with Gasteiger partial charge in [0.05, 0.1) is 12.7 Å². The van der Waals surface area contributed by atoms with Crippen molar-refractivity contribution in [1.29, 1.82) is 0 Å². The Kier molecular flexibility index (Phi) is 7.72. The Bertz CT molecular complexity index is 1950. The lowest BCUT2D eigenvalue weighted by Gasteiger charge is -2.30. The molecule has 4 aromatic heterocycles. The zero-order valence-electron chi connectivity index (χ0n) is 22.5. The van der Waals surface area contributed by atoms with E-state index in [4.69, 9.17) is 41.8 Å². The van der Waals surface area contributed by atoms with E-state index in [0.29, 0.717) is 0 Å². The summed E-state index contributed by atoms with van der Waals surface area (Å²) in [5.74, 6) is -0.176. The molecule has 45 heavy (non-hydrogen) atoms. The van der Waals surface area contributed by atoms with Gasteiger partial charge in [-0.3, -0.25) is 23.5 Å². The van der Waals surface area contributed by atoms with Gasteiger partial charge in [-0.15, -0.1) is 0 Å². The number of anilines is 2. The maximum absolute atomic E-state index is 16.0. The first-order valence-corrected chi connectivity index (χ1v) is 18.5. The fourth-order valence-electron chi connectivity index (χ4n) is 5.42. The quantitative estimate of drug-likeness (QED) is 0.105. The average molecular weight is 709 g/mol. The molecule has 0 bridgehead atoms. The van der Waals surface area contributed by atoms with Crippen LogP contribution < -0.4 is 27.2 Å². The molecule has 242 valence electrons. The third-order valence-electron chi connectivity index (χ3n) is 7.43. The number of hydrogen-bond acceptors (Lipinski definition) is 14. The molecule has 0 radical (unpaired) electrons. The van der Waals surface area contributed by atoms with Crippen molar-refractivity contribution in [3.05, 3.63) is 29.3 Å². The molecule has 3 aliphatic rings. The van der Waals surface area contributed by atoms with Gasteiger partial charge in [-0.05, 0) is 11.8 Å². The summed E-state index contributed by atoms with van der Waals surface area (Å²) in [6.07, 6.45) is -8.80. The number of rotatable bonds is 2. The number of nitrogens with one attached hydrogen (secondary N) is 3. The lowest BCUT2D eigenvalue weighted by Crippen LogP contribution is -2.42. The SMILES string of the molecule is Nc1nc2c(ncn2[C@@H]2O[C@@H]3CNP(O)(=S)OC4C(F)[C@H](n5cnc6c(N)ncnc65)O[C@@H]4CNP(=O)(S)OC3C2F)c(=O)[nH]1. The smallest absolute Gasteiger partial charge is 0.324 e. The minimum atomic E-state index is -4.15. The molecule has 0 aliphatic carbocycles. The highest BCUT2D eigenvalue weighted by Gasteiger charge is 2.53. The van der Waals surface area contributed by atoms with Crippen LogP contribution in [0.25, 0.3) is 22.3 Å². The molecule has 0 saturated carbocycles. The van der Waals surface area contributed by atoms with Gasteiger partial charge in [0.25, 0.3) is 12.2 Å². The van der Waals surface area contributed by atoms with Crippen molar-refractivity contribution in [3.63, 3.8) is 0 Å². The van der Waals surface area contributed by atoms with Crippen LogP contribution in [0.2, 0.25) is 0 Å². The van der Waals surface area contributed by atoms with Crippen LogP contribution in [0.5, 0.6) is 0 Å². The van der Waals surface area contributed by atoms with Gasteiger partial charge in [0.2, 0.25) is 5.95 Å². The number of H-pyrrole nitrogens is 1. The fourth-order valence-corrected chi connectivity index (χ4v) is 8.64. The first-order chi connectivity index (χ1) is 21.3. The number of aromatic nitrogens is 8. The van der Waals surface area contributed by atoms with Gasteiger partial charge in [0.1, 0.15) is 36.3 Å². The summed E-state index contributed by atoms with van der Waals surface area (Å²) in [5.41, 5.74) is 11.0. The van der Waals surface area contributed by atoms with E-state index in [1.807, 2.05) is 0 Å². The Morgan fingerprint density at radius 3 is 2.24 bits per heavy atom. The van der Waals surface area contributed by atoms with Crippen LogP contribution in [-0.4, -0.2) is 93.8 Å². The number of thiol groups is 1. The van der Waals surface area contributed by atoms with E-state index in [0.717, 1.165) is 10.9 Å². The first kappa shape index (κ1) is 30.9. The van der Waals surface area contributed by atoms with E-state index in [2.05, 4.69) is 52.3 Å². The Hall–Kier alpha value is -2.69. The third kappa shape index (κ3) is 5.54. The van der Waals surface area contributed by atoms with E-state index in [1.54, 1.807) is 0 Å². The fraction of sp³-hybridized carbons (Fsp3) is 0.500. The number of hydrogen-bond donors (Lipinski definition) is 7. The lowest BCUT2D eigenvalue weighted by molar-refractivity contribution is -0.0219. The molecule has 6 unspecified atom stereocenters. The number of ether oxygens (including phenoxy) is 2. The highest BCUT2D eigenvalue weighted by Crippen LogP contribution is 2.54. The summed E-state index contributed by atoms with van der Waals surface area (Å²) in [6.45, 7) is -8.95. The number of fused-ring (bicyclic) bond motifs is 4. The Morgan fingerprint density at radius 2 is 1.56 bits per heavy atom. The van der Waals surface area contributed by atoms with E-state index in [1.165, 1.54) is 17.2 Å². The zero-order chi connectivity index (χ0) is 31.8. The van der Waals surface area contributed by atoms with Crippen LogP contribution in [0.15, 0.2) is 23.8 Å². The molecule has 0 amide bonds. The van der Waals surface area contributed by atoms with E-state index in [9.17, 15) is 14.3 Å². The number of imidazole rings is 2. The minimum absolute atomic E-state index is 0.0660. The van der Waals surface area contributed by atoms with Crippen molar-refractivity contribution in [3.8, 4) is 0 Å². The van der Waals surface area contributed by atoms with Crippen LogP contribution in [0.1, 0.15) is 12.5 Å². The Balaban J connectivity index is 1.17. The van der Waals surface area contributed by atoms with Gasteiger partial charge >= 0.3 is 6.72 Å². The highest BCUT2D eigenvalue weighted by molar-refractivity contribution is 8.45. The van der Waals surface area contributed by atoms with E-state index in [-0.39, 0.29) is 34.1 Å². The van der Waals surface area contributed by atoms with Crippen LogP contribution in [0, 0.1) is 0 Å². The molecule has 3 saturated heterocycles. The third-order valence-corrected chi connectivity index (χ3v) is 11.0. The summed E-state index contributed by atoms with van der Waals surface area (Å²) in [6, 6.07) is 0. The number of nitrogens with two attached hydrogens (primary N) is 2. The first-order valence-electron chi connectivity index (χ1n) is 13.1. The standard InChI is InChI=1S/C20H24F2N12O7P2S2/c21-8-12-6(38-18(8)33-4-27-10-14(23)25-3-26-15(10)33)1-29-43(37,45)41-13-7(2-30-42(36,44)40-12)39-19(9(13)22)34-5-28-11-16(34)31-20(24)32-17(11)35/h3-9,12-13,18-19H,1-2H2,(H2,23,25,26)(H2,29,37,45)(H2,30,36,44)(H3,24,31,32,35)/t6-,7-,8?,9?,12?,13?,18-,19-,42?,43?/m1/s1. The second-order valence-electron chi connectivity index (χ2n) is 10.3. The van der Waals surface area contributed by atoms with Gasteiger partial charge in [0, 0.05) is 13.1 Å². The van der Waals surface area contributed by atoms with Gasteiger partial charge in [0.15, 0.2) is 47.4 Å². The largest absolute Gasteiger partial charge is 0.382 e. The zero-order valence-corrected chi connectivity index (χ0v) is 26.0. The molecule has 7 rings (SSSR count). The van der Waals surface area contributed by atoms with Crippen LogP contribution in [0.4, 0.5) is 20.5 Å². The normalized spacial score (nSPS) is 37.7. The molecule has 19 nitrogen and oxygen atoms in total. The maximum atomic E-state index is 16.0. The van der Waals surface area contributed by atoms with Crippen molar-refractivity contribution in [2.24, 2.45) is 0 Å². The molecule has 0 spiro atoms. The number of nitrogen functional groups attached to an aromatic ring is 2. The summed E-state index contributed by atoms with van der Waals surface area (Å²) in [5, 5.41) is 5.15. The Labute approximate surface area is 260 Å². The second kappa shape index (κ2) is 11.2. The van der Waals surface area contributed by atoms with Crippen LogP contribution in [0.3, 0.4) is 0 Å². The molecule has 25 heteroatoms. The molecule has 7 heterocycles. The predicted octanol–water partition coefficient (Wildman–Crippen LogP) is -0.187. The van der Waals surface area contributed by atoms with Crippen molar-refractivity contribution in [2.75, 3.05) is 24.6 Å². The molecule has 0 aromatic carbocycles. The molecular weight excluding hydrogens is 684 g/mol. The number of halogens is 2. The molecule has 3 fully saturated rings. The van der Waals surface area contributed by atoms with Gasteiger partial charge in [-0.1, -0.05) is 12.2 Å². The summed E-state index contributed by atoms with van der Waals surface area (Å²) in [4.78, 5) is 45.6. The summed E-state index contributed by atoms with van der Waals surface area (Å²) in [7, 11) is 0. The predicted molar refractivity (Wildman–Crippen MR) is 159 cm³/mol. The number of aromatic amines is 1. The molecule has 4 aromatic rings. The summed E-state index contributed by atoms with van der Waals surface area (Å²) >= 11 is 9.37. The van der Waals surface area contributed by atoms with Crippen LogP contribution in [-0.2, 0) is 34.9 Å². The molecule has 3 aliphatic heterocycles. The van der Waals surface area contributed by atoms with Crippen molar-refractivity contribution in [2.45, 2.75) is 49.2 Å². The van der Waals surface area contributed by atoms with Gasteiger partial charge in [-0.25, -0.2) is 38.9 Å². The molecule has 8 N–H and O–H groups in total.